The fourth-order valence-electron chi connectivity index (χ4n) is 5.66. The summed E-state index contributed by atoms with van der Waals surface area (Å²) in [5.41, 5.74) is 7.96. The number of rotatable bonds is 14. The molecule has 0 spiro atoms. The van der Waals surface area contributed by atoms with E-state index in [0.29, 0.717) is 59.1 Å². The molecule has 3 amide bonds. The number of anilines is 3. The Morgan fingerprint density at radius 3 is 2.36 bits per heavy atom. The molecule has 0 bridgehead atoms. The van der Waals surface area contributed by atoms with Crippen LogP contribution in [-0.4, -0.2) is 79.3 Å². The highest BCUT2D eigenvalue weighted by Gasteiger charge is 2.33. The number of amides is 3. The van der Waals surface area contributed by atoms with Crippen molar-refractivity contribution in [1.29, 1.82) is 0 Å². The van der Waals surface area contributed by atoms with E-state index in [4.69, 9.17) is 22.1 Å². The Labute approximate surface area is 299 Å². The normalized spacial score (nSPS) is 17.2. The topological polar surface area (TPSA) is 171 Å². The summed E-state index contributed by atoms with van der Waals surface area (Å²) < 4.78 is 34.5. The van der Waals surface area contributed by atoms with Gasteiger partial charge in [0, 0.05) is 48.6 Å². The minimum atomic E-state index is -3.88. The Hall–Kier alpha value is -4.17. The summed E-state index contributed by atoms with van der Waals surface area (Å²) in [6.45, 7) is 3.60. The molecule has 0 aromatic heterocycles. The largest absolute Gasteiger partial charge is 0.488 e. The van der Waals surface area contributed by atoms with Gasteiger partial charge in [0.15, 0.2) is 0 Å². The number of carbonyl (C=O) groups is 3. The van der Waals surface area contributed by atoms with Crippen molar-refractivity contribution in [3.8, 4) is 5.75 Å². The highest BCUT2D eigenvalue weighted by atomic mass is 35.5. The first kappa shape index (κ1) is 38.6. The summed E-state index contributed by atoms with van der Waals surface area (Å²) in [4.78, 5) is 40.3. The zero-order chi connectivity index (χ0) is 36.4. The molecular weight excluding hydrogens is 682 g/mol. The molecule has 0 aliphatic carbocycles. The average molecular weight is 728 g/mol. The molecule has 0 fully saturated rings. The van der Waals surface area contributed by atoms with Crippen LogP contribution in [0.4, 0.5) is 17.1 Å². The Kier molecular flexibility index (Phi) is 13.6. The second-order valence-electron chi connectivity index (χ2n) is 12.7. The van der Waals surface area contributed by atoms with E-state index in [0.717, 1.165) is 0 Å². The first-order chi connectivity index (χ1) is 23.8. The number of aliphatic hydroxyl groups is 1. The number of nitrogen functional groups attached to an aromatic ring is 1. The number of para-hydroxylation sites is 2. The third-order valence-corrected chi connectivity index (χ3v) is 10.8. The van der Waals surface area contributed by atoms with Gasteiger partial charge in [-0.05, 0) is 74.4 Å². The van der Waals surface area contributed by atoms with Crippen LogP contribution in [0.15, 0.2) is 71.6 Å². The molecule has 1 heterocycles. The van der Waals surface area contributed by atoms with E-state index in [1.54, 1.807) is 54.3 Å². The van der Waals surface area contributed by atoms with Crippen LogP contribution < -0.4 is 21.1 Å². The van der Waals surface area contributed by atoms with Crippen molar-refractivity contribution in [3.63, 3.8) is 0 Å². The molecule has 4 rings (SSSR count). The van der Waals surface area contributed by atoms with Crippen molar-refractivity contribution in [2.45, 2.75) is 69.4 Å². The smallest absolute Gasteiger partial charge is 0.242 e. The fraction of sp³-hybridized carbons (Fsp3) is 0.417. The van der Waals surface area contributed by atoms with E-state index < -0.39 is 22.2 Å². The van der Waals surface area contributed by atoms with Gasteiger partial charge in [-0.25, -0.2) is 8.42 Å². The molecule has 14 heteroatoms. The number of ether oxygens (including phenoxy) is 1. The van der Waals surface area contributed by atoms with Gasteiger partial charge in [-0.3, -0.25) is 14.4 Å². The van der Waals surface area contributed by atoms with Crippen molar-refractivity contribution in [2.24, 2.45) is 5.92 Å². The van der Waals surface area contributed by atoms with Crippen molar-refractivity contribution in [2.75, 3.05) is 43.1 Å². The number of halogens is 1. The number of likely N-dealkylation sites (N-methyl/N-ethyl adjacent to an activating group) is 1. The highest BCUT2D eigenvalue weighted by Crippen LogP contribution is 2.30. The summed E-state index contributed by atoms with van der Waals surface area (Å²) in [5.74, 6) is -0.492. The third-order valence-electron chi connectivity index (χ3n) is 8.70. The number of hydrogen-bond donors (Lipinski definition) is 4. The van der Waals surface area contributed by atoms with Crippen LogP contribution in [0.5, 0.6) is 5.75 Å². The van der Waals surface area contributed by atoms with E-state index in [1.807, 2.05) is 6.92 Å². The standard InChI is InChI=1S/C36H46ClN5O7S/c1-24-21-42(25(2)23-43)36(46)20-26-19-28(39-34(44)11-5-4-6-12-35(45)40-31-10-8-7-9-30(31)38)15-18-32(26)49-33(24)22-41(3)50(47,48)29-16-13-27(37)14-17-29/h7-10,13-19,24-25,33,43H,4-6,11-12,20-23,38H2,1-3H3,(H,39,44)(H,40,45)/t24-,25-,33+/m1/s1. The zero-order valence-corrected chi connectivity index (χ0v) is 30.2. The lowest BCUT2D eigenvalue weighted by atomic mass is 10.0. The highest BCUT2D eigenvalue weighted by molar-refractivity contribution is 7.89. The summed E-state index contributed by atoms with van der Waals surface area (Å²) in [6, 6.07) is 17.5. The summed E-state index contributed by atoms with van der Waals surface area (Å²) in [6.07, 6.45) is 1.73. The molecule has 3 aromatic rings. The van der Waals surface area contributed by atoms with Crippen LogP contribution >= 0.6 is 11.6 Å². The number of carbonyl (C=O) groups excluding carboxylic acids is 3. The van der Waals surface area contributed by atoms with Gasteiger partial charge in [-0.15, -0.1) is 0 Å². The second-order valence-corrected chi connectivity index (χ2v) is 15.2. The van der Waals surface area contributed by atoms with Gasteiger partial charge in [0.1, 0.15) is 11.9 Å². The van der Waals surface area contributed by atoms with E-state index >= 15 is 0 Å². The number of nitrogens with two attached hydrogens (primary N) is 1. The van der Waals surface area contributed by atoms with Crippen LogP contribution in [0.3, 0.4) is 0 Å². The first-order valence-electron chi connectivity index (χ1n) is 16.6. The fourth-order valence-corrected chi connectivity index (χ4v) is 6.97. The van der Waals surface area contributed by atoms with Gasteiger partial charge in [0.2, 0.25) is 27.7 Å². The van der Waals surface area contributed by atoms with Gasteiger partial charge in [0.05, 0.1) is 41.9 Å². The Morgan fingerprint density at radius 2 is 1.70 bits per heavy atom. The van der Waals surface area contributed by atoms with Gasteiger partial charge < -0.3 is 31.1 Å². The number of nitrogens with zero attached hydrogens (tertiary/aromatic N) is 2. The lowest BCUT2D eigenvalue weighted by Crippen LogP contribution is -2.48. The van der Waals surface area contributed by atoms with E-state index in [2.05, 4.69) is 10.6 Å². The molecule has 3 atom stereocenters. The number of unbranched alkanes of at least 4 members (excludes halogenated alkanes) is 2. The van der Waals surface area contributed by atoms with Crippen LogP contribution in [-0.2, 0) is 30.8 Å². The molecule has 0 saturated heterocycles. The monoisotopic (exact) mass is 727 g/mol. The molecule has 270 valence electrons. The van der Waals surface area contributed by atoms with Gasteiger partial charge in [-0.1, -0.05) is 37.1 Å². The summed E-state index contributed by atoms with van der Waals surface area (Å²) in [7, 11) is -2.41. The second kappa shape index (κ2) is 17.7. The first-order valence-corrected chi connectivity index (χ1v) is 18.5. The molecule has 1 aliphatic heterocycles. The van der Waals surface area contributed by atoms with Crippen molar-refractivity contribution >= 4 is 56.4 Å². The van der Waals surface area contributed by atoms with Crippen LogP contribution in [0.1, 0.15) is 51.5 Å². The van der Waals surface area contributed by atoms with Gasteiger partial charge in [-0.2, -0.15) is 4.31 Å². The molecule has 0 unspecified atom stereocenters. The predicted octanol–water partition coefficient (Wildman–Crippen LogP) is 4.92. The maximum Gasteiger partial charge on any atom is 0.242 e. The van der Waals surface area contributed by atoms with Crippen molar-refractivity contribution in [1.82, 2.24) is 9.21 Å². The van der Waals surface area contributed by atoms with Crippen molar-refractivity contribution in [3.05, 3.63) is 77.3 Å². The van der Waals surface area contributed by atoms with E-state index in [9.17, 15) is 27.9 Å². The molecule has 50 heavy (non-hydrogen) atoms. The maximum atomic E-state index is 13.6. The summed E-state index contributed by atoms with van der Waals surface area (Å²) >= 11 is 5.97. The quantitative estimate of drug-likeness (QED) is 0.134. The molecular formula is C36H46ClN5O7S. The lowest BCUT2D eigenvalue weighted by Gasteiger charge is -2.33. The number of aliphatic hydroxyl groups excluding tert-OH is 1. The molecule has 3 aromatic carbocycles. The average Bonchev–Trinajstić information content (AvgIpc) is 3.12. The molecule has 0 saturated carbocycles. The molecule has 5 N–H and O–H groups in total. The zero-order valence-electron chi connectivity index (χ0n) is 28.6. The van der Waals surface area contributed by atoms with Gasteiger partial charge >= 0.3 is 0 Å². The lowest BCUT2D eigenvalue weighted by molar-refractivity contribution is -0.134. The van der Waals surface area contributed by atoms with Crippen molar-refractivity contribution < 1.29 is 32.6 Å². The predicted molar refractivity (Wildman–Crippen MR) is 194 cm³/mol. The number of hydrogen-bond acceptors (Lipinski definition) is 8. The maximum absolute atomic E-state index is 13.6. The molecule has 0 radical (unpaired) electrons. The Bertz CT molecular complexity index is 1760. The minimum Gasteiger partial charge on any atom is -0.488 e. The Morgan fingerprint density at radius 1 is 1.04 bits per heavy atom. The number of benzene rings is 3. The van der Waals surface area contributed by atoms with E-state index in [1.165, 1.54) is 35.6 Å². The third kappa shape index (κ3) is 10.4. The summed E-state index contributed by atoms with van der Waals surface area (Å²) in [5, 5.41) is 16.0. The number of nitrogens with one attached hydrogen (secondary N) is 2. The van der Waals surface area contributed by atoms with Crippen LogP contribution in [0.2, 0.25) is 5.02 Å². The Balaban J connectivity index is 1.41. The minimum absolute atomic E-state index is 0.0123. The van der Waals surface area contributed by atoms with Crippen LogP contribution in [0.25, 0.3) is 0 Å². The van der Waals surface area contributed by atoms with E-state index in [-0.39, 0.29) is 61.1 Å². The van der Waals surface area contributed by atoms with Crippen LogP contribution in [0, 0.1) is 5.92 Å². The molecule has 1 aliphatic rings. The number of fused-ring (bicyclic) bond motifs is 1. The van der Waals surface area contributed by atoms with Gasteiger partial charge in [0.25, 0.3) is 0 Å². The number of sulfonamides is 1. The molecule has 12 nitrogen and oxygen atoms in total. The SMILES string of the molecule is C[C@@H]1CN([C@H](C)CO)C(=O)Cc2cc(NC(=O)CCCCCC(=O)Nc3ccccc3N)ccc2O[C@H]1CN(C)S(=O)(=O)c1ccc(Cl)cc1.